The monoisotopic (exact) mass is 244 g/mol. The Morgan fingerprint density at radius 2 is 2.29 bits per heavy atom. The van der Waals surface area contributed by atoms with Crippen LogP contribution in [-0.4, -0.2) is 60.1 Å². The molecule has 1 rings (SSSR count). The Kier molecular flexibility index (Phi) is 4.59. The standard InChI is InChI=1S/C10H16N2O5/c1-3-6-9(14)11-8(13)4-12(6)7(5-17-2)10(15)16/h6-7H,3-5H2,1-2H3,(H,15,16)(H,11,13,14). The normalized spacial score (nSPS) is 23.3. The molecule has 7 nitrogen and oxygen atoms in total. The van der Waals surface area contributed by atoms with Gasteiger partial charge in [0.2, 0.25) is 11.8 Å². The van der Waals surface area contributed by atoms with Crippen molar-refractivity contribution >= 4 is 17.8 Å². The van der Waals surface area contributed by atoms with Crippen LogP contribution in [0, 0.1) is 0 Å². The second-order valence-electron chi connectivity index (χ2n) is 3.82. The zero-order chi connectivity index (χ0) is 13.0. The first-order valence-electron chi connectivity index (χ1n) is 5.32. The predicted molar refractivity (Wildman–Crippen MR) is 57.2 cm³/mol. The van der Waals surface area contributed by atoms with Gasteiger partial charge in [-0.2, -0.15) is 0 Å². The molecule has 1 heterocycles. The van der Waals surface area contributed by atoms with Crippen molar-refractivity contribution in [1.29, 1.82) is 0 Å². The van der Waals surface area contributed by atoms with E-state index in [2.05, 4.69) is 5.32 Å². The van der Waals surface area contributed by atoms with Crippen molar-refractivity contribution in [2.45, 2.75) is 25.4 Å². The van der Waals surface area contributed by atoms with E-state index in [1.165, 1.54) is 12.0 Å². The molecule has 1 aliphatic rings. The number of nitrogens with one attached hydrogen (secondary N) is 1. The minimum absolute atomic E-state index is 0.0631. The van der Waals surface area contributed by atoms with Gasteiger partial charge in [-0.3, -0.25) is 24.6 Å². The van der Waals surface area contributed by atoms with Crippen LogP contribution in [0.25, 0.3) is 0 Å². The number of carboxylic acids is 1. The molecule has 0 saturated carbocycles. The van der Waals surface area contributed by atoms with Crippen LogP contribution in [0.15, 0.2) is 0 Å². The molecule has 0 aromatic rings. The third-order valence-electron chi connectivity index (χ3n) is 2.69. The number of hydrogen-bond donors (Lipinski definition) is 2. The first-order valence-corrected chi connectivity index (χ1v) is 5.32. The molecule has 96 valence electrons. The van der Waals surface area contributed by atoms with Gasteiger partial charge in [0, 0.05) is 7.11 Å². The molecule has 7 heteroatoms. The number of nitrogens with zero attached hydrogens (tertiary/aromatic N) is 1. The summed E-state index contributed by atoms with van der Waals surface area (Å²) in [5.41, 5.74) is 0. The van der Waals surface area contributed by atoms with E-state index in [9.17, 15) is 14.4 Å². The van der Waals surface area contributed by atoms with Crippen molar-refractivity contribution in [3.8, 4) is 0 Å². The maximum absolute atomic E-state index is 11.6. The van der Waals surface area contributed by atoms with Gasteiger partial charge < -0.3 is 9.84 Å². The zero-order valence-electron chi connectivity index (χ0n) is 9.80. The van der Waals surface area contributed by atoms with Crippen LogP contribution < -0.4 is 5.32 Å². The van der Waals surface area contributed by atoms with Gasteiger partial charge in [0.1, 0.15) is 6.04 Å². The Balaban J connectivity index is 2.92. The highest BCUT2D eigenvalue weighted by atomic mass is 16.5. The highest BCUT2D eigenvalue weighted by Crippen LogP contribution is 2.14. The lowest BCUT2D eigenvalue weighted by Crippen LogP contribution is -2.63. The molecule has 0 radical (unpaired) electrons. The number of carboxylic acid groups (broad SMARTS) is 1. The molecule has 17 heavy (non-hydrogen) atoms. The Labute approximate surface area is 98.7 Å². The van der Waals surface area contributed by atoms with E-state index in [0.717, 1.165) is 0 Å². The highest BCUT2D eigenvalue weighted by Gasteiger charge is 2.39. The summed E-state index contributed by atoms with van der Waals surface area (Å²) in [5, 5.41) is 11.3. The van der Waals surface area contributed by atoms with Crippen LogP contribution in [0.1, 0.15) is 13.3 Å². The van der Waals surface area contributed by atoms with Gasteiger partial charge in [0.05, 0.1) is 19.2 Å². The van der Waals surface area contributed by atoms with Crippen LogP contribution in [0.5, 0.6) is 0 Å². The van der Waals surface area contributed by atoms with Crippen LogP contribution in [0.3, 0.4) is 0 Å². The molecular weight excluding hydrogens is 228 g/mol. The van der Waals surface area contributed by atoms with Gasteiger partial charge in [-0.1, -0.05) is 6.92 Å². The van der Waals surface area contributed by atoms with Gasteiger partial charge in [0.15, 0.2) is 0 Å². The molecule has 0 aromatic carbocycles. The first kappa shape index (κ1) is 13.6. The number of hydrogen-bond acceptors (Lipinski definition) is 5. The fourth-order valence-electron chi connectivity index (χ4n) is 1.90. The molecule has 0 bridgehead atoms. The fourth-order valence-corrected chi connectivity index (χ4v) is 1.90. The van der Waals surface area contributed by atoms with Gasteiger partial charge in [-0.25, -0.2) is 0 Å². The lowest BCUT2D eigenvalue weighted by molar-refractivity contribution is -0.152. The smallest absolute Gasteiger partial charge is 0.323 e. The highest BCUT2D eigenvalue weighted by molar-refractivity contribution is 6.01. The summed E-state index contributed by atoms with van der Waals surface area (Å²) in [5.74, 6) is -2.04. The van der Waals surface area contributed by atoms with E-state index < -0.39 is 29.9 Å². The number of imide groups is 1. The molecule has 0 spiro atoms. The van der Waals surface area contributed by atoms with E-state index in [1.54, 1.807) is 6.92 Å². The van der Waals surface area contributed by atoms with Crippen molar-refractivity contribution < 1.29 is 24.2 Å². The summed E-state index contributed by atoms with van der Waals surface area (Å²) in [4.78, 5) is 35.3. The summed E-state index contributed by atoms with van der Waals surface area (Å²) < 4.78 is 4.82. The van der Waals surface area contributed by atoms with E-state index in [4.69, 9.17) is 9.84 Å². The molecule has 2 amide bonds. The largest absolute Gasteiger partial charge is 0.480 e. The summed E-state index contributed by atoms with van der Waals surface area (Å²) in [6.45, 7) is 1.59. The van der Waals surface area contributed by atoms with E-state index in [1.807, 2.05) is 0 Å². The Morgan fingerprint density at radius 3 is 2.76 bits per heavy atom. The minimum atomic E-state index is -1.10. The molecule has 1 aliphatic heterocycles. The summed E-state index contributed by atoms with van der Waals surface area (Å²) in [6.07, 6.45) is 0.437. The molecule has 0 aromatic heterocycles. The van der Waals surface area contributed by atoms with Crippen LogP contribution in [0.4, 0.5) is 0 Å². The van der Waals surface area contributed by atoms with Crippen LogP contribution >= 0.6 is 0 Å². The molecule has 1 saturated heterocycles. The van der Waals surface area contributed by atoms with Gasteiger partial charge >= 0.3 is 5.97 Å². The number of carbonyl (C=O) groups is 3. The number of amides is 2. The quantitative estimate of drug-likeness (QED) is 0.591. The Morgan fingerprint density at radius 1 is 1.65 bits per heavy atom. The van der Waals surface area contributed by atoms with Crippen molar-refractivity contribution in [2.75, 3.05) is 20.3 Å². The van der Waals surface area contributed by atoms with Gasteiger partial charge in [-0.05, 0) is 6.42 Å². The lowest BCUT2D eigenvalue weighted by atomic mass is 10.1. The maximum Gasteiger partial charge on any atom is 0.323 e. The molecule has 2 unspecified atom stereocenters. The summed E-state index contributed by atoms with van der Waals surface area (Å²) in [6, 6.07) is -1.59. The molecule has 0 aliphatic carbocycles. The Hall–Kier alpha value is -1.47. The molecule has 2 N–H and O–H groups in total. The van der Waals surface area contributed by atoms with Gasteiger partial charge in [0.25, 0.3) is 0 Å². The van der Waals surface area contributed by atoms with Crippen LogP contribution in [-0.2, 0) is 19.1 Å². The van der Waals surface area contributed by atoms with Gasteiger partial charge in [-0.15, -0.1) is 0 Å². The topological polar surface area (TPSA) is 95.9 Å². The SMILES string of the molecule is CCC1C(=O)NC(=O)CN1C(COC)C(=O)O. The zero-order valence-corrected chi connectivity index (χ0v) is 9.80. The lowest BCUT2D eigenvalue weighted by Gasteiger charge is -2.36. The van der Waals surface area contributed by atoms with Crippen molar-refractivity contribution in [3.05, 3.63) is 0 Å². The minimum Gasteiger partial charge on any atom is -0.480 e. The third-order valence-corrected chi connectivity index (χ3v) is 2.69. The molecular formula is C10H16N2O5. The average molecular weight is 244 g/mol. The van der Waals surface area contributed by atoms with E-state index in [0.29, 0.717) is 6.42 Å². The predicted octanol–water partition coefficient (Wildman–Crippen LogP) is -1.18. The number of piperazine rings is 1. The van der Waals surface area contributed by atoms with Crippen molar-refractivity contribution in [2.24, 2.45) is 0 Å². The number of methoxy groups -OCH3 is 1. The number of rotatable bonds is 5. The van der Waals surface area contributed by atoms with Crippen molar-refractivity contribution in [1.82, 2.24) is 10.2 Å². The third kappa shape index (κ3) is 3.01. The molecule has 1 fully saturated rings. The first-order chi connectivity index (χ1) is 8.01. The number of aliphatic carboxylic acids is 1. The van der Waals surface area contributed by atoms with E-state index >= 15 is 0 Å². The second-order valence-corrected chi connectivity index (χ2v) is 3.82. The number of ether oxygens (including phenoxy) is 1. The van der Waals surface area contributed by atoms with Crippen molar-refractivity contribution in [3.63, 3.8) is 0 Å². The summed E-state index contributed by atoms with van der Waals surface area (Å²) >= 11 is 0. The maximum atomic E-state index is 11.6. The second kappa shape index (κ2) is 5.74. The average Bonchev–Trinajstić information content (AvgIpc) is 2.24. The fraction of sp³-hybridized carbons (Fsp3) is 0.700. The van der Waals surface area contributed by atoms with Crippen LogP contribution in [0.2, 0.25) is 0 Å². The molecule has 2 atom stereocenters. The number of carbonyl (C=O) groups excluding carboxylic acids is 2. The van der Waals surface area contributed by atoms with E-state index in [-0.39, 0.29) is 13.2 Å². The Bertz CT molecular complexity index is 331. The summed E-state index contributed by atoms with van der Waals surface area (Å²) in [7, 11) is 1.38.